The second-order valence-corrected chi connectivity index (χ2v) is 5.65. The molecule has 5 nitrogen and oxygen atoms in total. The number of ether oxygens (including phenoxy) is 2. The monoisotopic (exact) mass is 318 g/mol. The first kappa shape index (κ1) is 17.2. The van der Waals surface area contributed by atoms with Crippen molar-refractivity contribution in [2.24, 2.45) is 0 Å². The zero-order chi connectivity index (χ0) is 16.8. The van der Waals surface area contributed by atoms with Crippen LogP contribution in [-0.4, -0.2) is 18.3 Å². The molecule has 2 rings (SSSR count). The first-order valence-electron chi connectivity index (χ1n) is 8.26. The fraction of sp³-hybridized carbons (Fsp3) is 0.500. The molecule has 5 heteroatoms. The Labute approximate surface area is 137 Å². The lowest BCUT2D eigenvalue weighted by molar-refractivity contribution is 0.288. The summed E-state index contributed by atoms with van der Waals surface area (Å²) in [4.78, 5) is 12.8. The van der Waals surface area contributed by atoms with Crippen LogP contribution in [0.3, 0.4) is 0 Å². The van der Waals surface area contributed by atoms with Gasteiger partial charge in [0.15, 0.2) is 5.75 Å². The van der Waals surface area contributed by atoms with Crippen molar-refractivity contribution < 1.29 is 9.47 Å². The molecule has 0 aliphatic rings. The smallest absolute Gasteiger partial charge is 0.297 e. The van der Waals surface area contributed by atoms with E-state index in [2.05, 4.69) is 13.8 Å². The van der Waals surface area contributed by atoms with Crippen LogP contribution in [-0.2, 0) is 6.54 Å². The van der Waals surface area contributed by atoms with Crippen LogP contribution in [0.2, 0.25) is 0 Å². The number of methoxy groups -OCH3 is 1. The number of rotatable bonds is 8. The molecule has 0 atom stereocenters. The SMILES string of the molecule is CCCCOc1c(OC)c(=O)n(CCCC)c2cc(N)ccc12. The van der Waals surface area contributed by atoms with E-state index in [1.54, 1.807) is 4.57 Å². The van der Waals surface area contributed by atoms with Crippen molar-refractivity contribution in [2.45, 2.75) is 46.1 Å². The van der Waals surface area contributed by atoms with Gasteiger partial charge in [0.2, 0.25) is 5.75 Å². The summed E-state index contributed by atoms with van der Waals surface area (Å²) in [6.45, 7) is 5.40. The Morgan fingerprint density at radius 1 is 1.13 bits per heavy atom. The van der Waals surface area contributed by atoms with Gasteiger partial charge >= 0.3 is 0 Å². The summed E-state index contributed by atoms with van der Waals surface area (Å²) in [5, 5.41) is 0.864. The van der Waals surface area contributed by atoms with Gasteiger partial charge in [0.25, 0.3) is 5.56 Å². The number of benzene rings is 1. The molecule has 2 aromatic rings. The van der Waals surface area contributed by atoms with Gasteiger partial charge in [-0.15, -0.1) is 0 Å². The lowest BCUT2D eigenvalue weighted by Gasteiger charge is -2.17. The van der Waals surface area contributed by atoms with Crippen LogP contribution in [0.25, 0.3) is 10.9 Å². The standard InChI is InChI=1S/C18H26N2O3/c1-4-6-10-20-15-12-13(19)8-9-14(15)16(23-11-7-5-2)17(22-3)18(20)21/h8-9,12H,4-7,10-11,19H2,1-3H3. The van der Waals surface area contributed by atoms with Crippen molar-refractivity contribution in [1.29, 1.82) is 0 Å². The van der Waals surface area contributed by atoms with E-state index in [-0.39, 0.29) is 11.3 Å². The molecule has 0 spiro atoms. The summed E-state index contributed by atoms with van der Waals surface area (Å²) < 4.78 is 13.0. The van der Waals surface area contributed by atoms with Crippen LogP contribution >= 0.6 is 0 Å². The molecule has 2 N–H and O–H groups in total. The summed E-state index contributed by atoms with van der Waals surface area (Å²) in [5.41, 5.74) is 7.20. The van der Waals surface area contributed by atoms with Crippen LogP contribution < -0.4 is 20.8 Å². The van der Waals surface area contributed by atoms with E-state index < -0.39 is 0 Å². The average Bonchev–Trinajstić information content (AvgIpc) is 2.54. The number of pyridine rings is 1. The van der Waals surface area contributed by atoms with Crippen LogP contribution in [0.1, 0.15) is 39.5 Å². The molecular weight excluding hydrogens is 292 g/mol. The highest BCUT2D eigenvalue weighted by Crippen LogP contribution is 2.34. The summed E-state index contributed by atoms with van der Waals surface area (Å²) in [5.74, 6) is 0.795. The Kier molecular flexibility index (Phi) is 5.90. The van der Waals surface area contributed by atoms with Gasteiger partial charge in [0.05, 0.1) is 19.2 Å². The molecule has 0 aliphatic heterocycles. The molecule has 0 amide bonds. The van der Waals surface area contributed by atoms with Gasteiger partial charge < -0.3 is 19.8 Å². The van der Waals surface area contributed by atoms with Crippen LogP contribution in [0.4, 0.5) is 5.69 Å². The molecule has 1 aromatic heterocycles. The fourth-order valence-electron chi connectivity index (χ4n) is 2.60. The summed E-state index contributed by atoms with van der Waals surface area (Å²) in [6.07, 6.45) is 3.88. The van der Waals surface area contributed by atoms with Crippen molar-refractivity contribution >= 4 is 16.6 Å². The van der Waals surface area contributed by atoms with Gasteiger partial charge in [0, 0.05) is 17.6 Å². The normalized spacial score (nSPS) is 10.9. The first-order chi connectivity index (χ1) is 11.1. The number of nitrogen functional groups attached to an aromatic ring is 1. The number of hydrogen-bond donors (Lipinski definition) is 1. The highest BCUT2D eigenvalue weighted by molar-refractivity contribution is 5.90. The lowest BCUT2D eigenvalue weighted by atomic mass is 10.1. The molecule has 0 radical (unpaired) electrons. The first-order valence-corrected chi connectivity index (χ1v) is 8.26. The molecule has 1 aromatic carbocycles. The maximum Gasteiger partial charge on any atom is 0.297 e. The van der Waals surface area contributed by atoms with Gasteiger partial charge in [-0.1, -0.05) is 26.7 Å². The third-order valence-corrected chi connectivity index (χ3v) is 3.89. The fourth-order valence-corrected chi connectivity index (χ4v) is 2.60. The number of anilines is 1. The Hall–Kier alpha value is -2.17. The lowest BCUT2D eigenvalue weighted by Crippen LogP contribution is -2.23. The van der Waals surface area contributed by atoms with Crippen LogP contribution in [0.15, 0.2) is 23.0 Å². The molecule has 0 saturated heterocycles. The molecule has 0 aliphatic carbocycles. The molecule has 0 unspecified atom stereocenters. The second kappa shape index (κ2) is 7.90. The van der Waals surface area contributed by atoms with Crippen molar-refractivity contribution in [1.82, 2.24) is 4.57 Å². The topological polar surface area (TPSA) is 66.5 Å². The number of nitrogens with two attached hydrogens (primary N) is 1. The Morgan fingerprint density at radius 2 is 1.87 bits per heavy atom. The number of unbranched alkanes of at least 4 members (excludes halogenated alkanes) is 2. The van der Waals surface area contributed by atoms with Crippen molar-refractivity contribution in [3.63, 3.8) is 0 Å². The number of aromatic nitrogens is 1. The maximum atomic E-state index is 12.8. The summed E-state index contributed by atoms with van der Waals surface area (Å²) >= 11 is 0. The number of aryl methyl sites for hydroxylation is 1. The number of nitrogens with zero attached hydrogens (tertiary/aromatic N) is 1. The highest BCUT2D eigenvalue weighted by Gasteiger charge is 2.18. The van der Waals surface area contributed by atoms with E-state index in [1.165, 1.54) is 7.11 Å². The maximum absolute atomic E-state index is 12.8. The van der Waals surface area contributed by atoms with Crippen molar-refractivity contribution in [3.05, 3.63) is 28.6 Å². The summed E-state index contributed by atoms with van der Waals surface area (Å²) in [7, 11) is 1.51. The zero-order valence-electron chi connectivity index (χ0n) is 14.2. The minimum atomic E-state index is -0.162. The molecule has 23 heavy (non-hydrogen) atoms. The number of fused-ring (bicyclic) bond motifs is 1. The molecule has 1 heterocycles. The van der Waals surface area contributed by atoms with E-state index in [0.717, 1.165) is 36.6 Å². The Balaban J connectivity index is 2.66. The molecule has 126 valence electrons. The van der Waals surface area contributed by atoms with E-state index in [0.29, 0.717) is 24.6 Å². The molecule has 0 saturated carbocycles. The Bertz CT molecular complexity index is 722. The van der Waals surface area contributed by atoms with Crippen LogP contribution in [0.5, 0.6) is 11.5 Å². The minimum absolute atomic E-state index is 0.162. The quantitative estimate of drug-likeness (QED) is 0.597. The predicted octanol–water partition coefficient (Wildman–Crippen LogP) is 3.57. The van der Waals surface area contributed by atoms with Crippen LogP contribution in [0, 0.1) is 0 Å². The minimum Gasteiger partial charge on any atom is -0.489 e. The predicted molar refractivity (Wildman–Crippen MR) is 94.5 cm³/mol. The summed E-state index contributed by atoms with van der Waals surface area (Å²) in [6, 6.07) is 5.55. The zero-order valence-corrected chi connectivity index (χ0v) is 14.2. The van der Waals surface area contributed by atoms with Crippen molar-refractivity contribution in [2.75, 3.05) is 19.5 Å². The highest BCUT2D eigenvalue weighted by atomic mass is 16.5. The third-order valence-electron chi connectivity index (χ3n) is 3.89. The van der Waals surface area contributed by atoms with Gasteiger partial charge in [-0.25, -0.2) is 0 Å². The van der Waals surface area contributed by atoms with Gasteiger partial charge in [-0.3, -0.25) is 4.79 Å². The van der Waals surface area contributed by atoms with E-state index in [1.807, 2.05) is 18.2 Å². The van der Waals surface area contributed by atoms with E-state index >= 15 is 0 Å². The van der Waals surface area contributed by atoms with Crippen molar-refractivity contribution in [3.8, 4) is 11.5 Å². The molecule has 0 fully saturated rings. The van der Waals surface area contributed by atoms with Gasteiger partial charge in [-0.2, -0.15) is 0 Å². The third kappa shape index (κ3) is 3.60. The van der Waals surface area contributed by atoms with Gasteiger partial charge in [-0.05, 0) is 31.0 Å². The van der Waals surface area contributed by atoms with E-state index in [9.17, 15) is 4.79 Å². The number of hydrogen-bond acceptors (Lipinski definition) is 4. The molecular formula is C18H26N2O3. The largest absolute Gasteiger partial charge is 0.489 e. The van der Waals surface area contributed by atoms with E-state index in [4.69, 9.17) is 15.2 Å². The second-order valence-electron chi connectivity index (χ2n) is 5.65. The average molecular weight is 318 g/mol. The van der Waals surface area contributed by atoms with Gasteiger partial charge in [0.1, 0.15) is 0 Å². The molecule has 0 bridgehead atoms. The Morgan fingerprint density at radius 3 is 2.52 bits per heavy atom.